The fourth-order valence-electron chi connectivity index (χ4n) is 1.12. The maximum Gasteiger partial charge on any atom is 0.338 e. The smallest absolute Gasteiger partial charge is 0.338 e. The highest BCUT2D eigenvalue weighted by Crippen LogP contribution is 2.12. The highest BCUT2D eigenvalue weighted by atomic mass is 32.1. The molecule has 80 valence electrons. The van der Waals surface area contributed by atoms with E-state index < -0.39 is 11.9 Å². The average Bonchev–Trinajstić information content (AvgIpc) is 2.18. The summed E-state index contributed by atoms with van der Waals surface area (Å²) >= 11 is 3.74. The molecule has 0 aliphatic carbocycles. The molecule has 0 radical (unpaired) electrons. The number of carbonyl (C=O) groups is 2. The van der Waals surface area contributed by atoms with E-state index in [1.807, 2.05) is 0 Å². The Morgan fingerprint density at radius 2 is 2.13 bits per heavy atom. The van der Waals surface area contributed by atoms with Crippen LogP contribution in [0.2, 0.25) is 0 Å². The maximum atomic E-state index is 11.3. The monoisotopic (exact) mass is 226 g/mol. The molecule has 0 fully saturated rings. The van der Waals surface area contributed by atoms with Crippen LogP contribution in [0.25, 0.3) is 0 Å². The second kappa shape index (κ2) is 4.84. The highest BCUT2D eigenvalue weighted by Gasteiger charge is 2.12. The normalized spacial score (nSPS) is 9.73. The predicted molar refractivity (Wildman–Crippen MR) is 57.4 cm³/mol. The van der Waals surface area contributed by atoms with E-state index in [1.165, 1.54) is 12.1 Å². The van der Waals surface area contributed by atoms with Crippen molar-refractivity contribution in [2.24, 2.45) is 0 Å². The first-order valence-corrected chi connectivity index (χ1v) is 4.81. The van der Waals surface area contributed by atoms with E-state index in [9.17, 15) is 9.59 Å². The molecule has 1 N–H and O–H groups in total. The summed E-state index contributed by atoms with van der Waals surface area (Å²) in [5.74, 6) is -1.67. The number of hydrogen-bond donors (Lipinski definition) is 2. The summed E-state index contributed by atoms with van der Waals surface area (Å²) in [6.45, 7) is 1.66. The predicted octanol–water partition coefficient (Wildman–Crippen LogP) is 1.74. The van der Waals surface area contributed by atoms with E-state index >= 15 is 0 Å². The van der Waals surface area contributed by atoms with Crippen molar-refractivity contribution in [3.8, 4) is 0 Å². The van der Waals surface area contributed by atoms with Gasteiger partial charge in [0, 0.05) is 0 Å². The fraction of sp³-hybridized carbons (Fsp3) is 0.200. The largest absolute Gasteiger partial charge is 0.478 e. The van der Waals surface area contributed by atoms with Crippen LogP contribution in [0.15, 0.2) is 18.2 Å². The molecule has 0 saturated carbocycles. The minimum atomic E-state index is -1.06. The Morgan fingerprint density at radius 3 is 2.67 bits per heavy atom. The fourth-order valence-corrected chi connectivity index (χ4v) is 1.24. The molecule has 4 nitrogen and oxygen atoms in total. The van der Waals surface area contributed by atoms with Gasteiger partial charge in [-0.15, -0.1) is 12.6 Å². The van der Waals surface area contributed by atoms with Crippen molar-refractivity contribution in [2.45, 2.75) is 6.92 Å². The number of thiol groups is 1. The van der Waals surface area contributed by atoms with Gasteiger partial charge < -0.3 is 9.84 Å². The first-order chi connectivity index (χ1) is 7.06. The number of esters is 1. The van der Waals surface area contributed by atoms with Gasteiger partial charge in [0.25, 0.3) is 0 Å². The topological polar surface area (TPSA) is 63.6 Å². The number of hydrogen-bond acceptors (Lipinski definition) is 4. The Hall–Kier alpha value is -1.49. The zero-order valence-electron chi connectivity index (χ0n) is 8.06. The number of carbonyl (C=O) groups excluding carboxylic acids is 1. The van der Waals surface area contributed by atoms with Crippen LogP contribution in [-0.4, -0.2) is 23.0 Å². The molecule has 0 amide bonds. The number of carboxylic acid groups (broad SMARTS) is 1. The maximum absolute atomic E-state index is 11.3. The van der Waals surface area contributed by atoms with Gasteiger partial charge in [0.05, 0.1) is 11.1 Å². The van der Waals surface area contributed by atoms with Crippen molar-refractivity contribution >= 4 is 24.6 Å². The molecule has 1 aromatic carbocycles. The van der Waals surface area contributed by atoms with Crippen LogP contribution in [0.5, 0.6) is 0 Å². The van der Waals surface area contributed by atoms with Gasteiger partial charge in [0.2, 0.25) is 0 Å². The van der Waals surface area contributed by atoms with Crippen molar-refractivity contribution in [1.29, 1.82) is 0 Å². The number of benzene rings is 1. The summed E-state index contributed by atoms with van der Waals surface area (Å²) < 4.78 is 4.63. The summed E-state index contributed by atoms with van der Waals surface area (Å²) in [4.78, 5) is 22.1. The van der Waals surface area contributed by atoms with E-state index in [0.717, 1.165) is 0 Å². The second-order valence-electron chi connectivity index (χ2n) is 2.90. The lowest BCUT2D eigenvalue weighted by atomic mass is 10.1. The Balaban J connectivity index is 3.07. The van der Waals surface area contributed by atoms with E-state index in [0.29, 0.717) is 5.56 Å². The minimum Gasteiger partial charge on any atom is -0.478 e. The van der Waals surface area contributed by atoms with Crippen molar-refractivity contribution in [3.05, 3.63) is 34.9 Å². The van der Waals surface area contributed by atoms with Crippen LogP contribution in [0.1, 0.15) is 26.3 Å². The number of carboxylic acids is 1. The minimum absolute atomic E-state index is 0.0326. The van der Waals surface area contributed by atoms with Gasteiger partial charge in [-0.1, -0.05) is 6.07 Å². The zero-order chi connectivity index (χ0) is 11.4. The zero-order valence-corrected chi connectivity index (χ0v) is 8.95. The molecular weight excluding hydrogens is 216 g/mol. The van der Waals surface area contributed by atoms with Crippen molar-refractivity contribution < 1.29 is 19.4 Å². The molecule has 15 heavy (non-hydrogen) atoms. The lowest BCUT2D eigenvalue weighted by molar-refractivity contribution is 0.0581. The number of ether oxygens (including phenoxy) is 1. The SMILES string of the molecule is Cc1ccc(C(=O)OCS)cc1C(=O)O. The molecule has 1 rings (SSSR count). The molecule has 1 aromatic rings. The molecule has 0 unspecified atom stereocenters. The lowest BCUT2D eigenvalue weighted by Gasteiger charge is -2.04. The highest BCUT2D eigenvalue weighted by molar-refractivity contribution is 7.80. The Morgan fingerprint density at radius 1 is 1.47 bits per heavy atom. The molecule has 0 saturated heterocycles. The Bertz CT molecular complexity index is 400. The summed E-state index contributed by atoms with van der Waals surface area (Å²) in [5.41, 5.74) is 0.917. The molecule has 0 atom stereocenters. The van der Waals surface area contributed by atoms with Gasteiger partial charge in [0.15, 0.2) is 0 Å². The Labute approximate surface area is 92.3 Å². The van der Waals surface area contributed by atoms with Crippen LogP contribution in [0.4, 0.5) is 0 Å². The third-order valence-electron chi connectivity index (χ3n) is 1.90. The molecule has 0 spiro atoms. The van der Waals surface area contributed by atoms with Gasteiger partial charge in [-0.25, -0.2) is 9.59 Å². The molecule has 5 heteroatoms. The van der Waals surface area contributed by atoms with Crippen LogP contribution in [0.3, 0.4) is 0 Å². The molecule has 0 aromatic heterocycles. The first kappa shape index (κ1) is 11.6. The van der Waals surface area contributed by atoms with Crippen LogP contribution < -0.4 is 0 Å². The molecule has 0 aliphatic heterocycles. The van der Waals surface area contributed by atoms with Gasteiger partial charge in [-0.05, 0) is 24.6 Å². The number of rotatable bonds is 3. The quantitative estimate of drug-likeness (QED) is 0.468. The third kappa shape index (κ3) is 2.73. The number of aryl methyl sites for hydroxylation is 1. The van der Waals surface area contributed by atoms with Gasteiger partial charge in [-0.3, -0.25) is 0 Å². The first-order valence-electron chi connectivity index (χ1n) is 4.18. The van der Waals surface area contributed by atoms with Gasteiger partial charge in [-0.2, -0.15) is 0 Å². The van der Waals surface area contributed by atoms with Crippen molar-refractivity contribution in [2.75, 3.05) is 5.94 Å². The van der Waals surface area contributed by atoms with Crippen molar-refractivity contribution in [1.82, 2.24) is 0 Å². The summed E-state index contributed by atoms with van der Waals surface area (Å²) in [6.07, 6.45) is 0. The van der Waals surface area contributed by atoms with Gasteiger partial charge in [0.1, 0.15) is 5.94 Å². The third-order valence-corrected chi connectivity index (χ3v) is 2.03. The van der Waals surface area contributed by atoms with Gasteiger partial charge >= 0.3 is 11.9 Å². The standard InChI is InChI=1S/C10H10O4S/c1-6-2-3-7(10(13)14-5-15)4-8(6)9(11)12/h2-4,15H,5H2,1H3,(H,11,12). The van der Waals surface area contributed by atoms with Crippen LogP contribution >= 0.6 is 12.6 Å². The summed E-state index contributed by atoms with van der Waals surface area (Å²) in [7, 11) is 0. The summed E-state index contributed by atoms with van der Waals surface area (Å²) in [6, 6.07) is 4.38. The lowest BCUT2D eigenvalue weighted by Crippen LogP contribution is -2.07. The molecule has 0 aliphatic rings. The van der Waals surface area contributed by atoms with Crippen LogP contribution in [-0.2, 0) is 4.74 Å². The Kier molecular flexibility index (Phi) is 3.74. The second-order valence-corrected chi connectivity index (χ2v) is 3.15. The number of aromatic carboxylic acids is 1. The van der Waals surface area contributed by atoms with Crippen molar-refractivity contribution in [3.63, 3.8) is 0 Å². The van der Waals surface area contributed by atoms with E-state index in [2.05, 4.69) is 17.4 Å². The van der Waals surface area contributed by atoms with E-state index in [4.69, 9.17) is 5.11 Å². The van der Waals surface area contributed by atoms with E-state index in [1.54, 1.807) is 13.0 Å². The average molecular weight is 226 g/mol. The molecule has 0 heterocycles. The summed E-state index contributed by atoms with van der Waals surface area (Å²) in [5, 5.41) is 8.83. The molecule has 0 bridgehead atoms. The van der Waals surface area contributed by atoms with Crippen LogP contribution in [0, 0.1) is 6.92 Å². The molecular formula is C10H10O4S. The van der Waals surface area contributed by atoms with E-state index in [-0.39, 0.29) is 17.1 Å².